The van der Waals surface area contributed by atoms with Crippen molar-refractivity contribution in [3.63, 3.8) is 0 Å². The van der Waals surface area contributed by atoms with Crippen molar-refractivity contribution in [2.75, 3.05) is 34.4 Å². The zero-order valence-electron chi connectivity index (χ0n) is 16.9. The number of aryl methyl sites for hydroxylation is 1. The molecule has 2 N–H and O–H groups in total. The number of aromatic nitrogens is 1. The molecule has 2 heterocycles. The molecule has 2 amide bonds. The van der Waals surface area contributed by atoms with Gasteiger partial charge in [-0.2, -0.15) is 0 Å². The van der Waals surface area contributed by atoms with Gasteiger partial charge >= 0.3 is 0 Å². The van der Waals surface area contributed by atoms with Crippen molar-refractivity contribution in [2.45, 2.75) is 44.8 Å². The van der Waals surface area contributed by atoms with Crippen LogP contribution in [0, 0.1) is 6.92 Å². The van der Waals surface area contributed by atoms with Gasteiger partial charge in [-0.15, -0.1) is 11.8 Å². The molecule has 29 heavy (non-hydrogen) atoms. The molecule has 7 nitrogen and oxygen atoms in total. The molecule has 3 rings (SSSR count). The maximum atomic E-state index is 12.2. The summed E-state index contributed by atoms with van der Waals surface area (Å²) in [5.74, 6) is 0.864. The molecule has 0 radical (unpaired) electrons. The van der Waals surface area contributed by atoms with Crippen molar-refractivity contribution < 1.29 is 14.1 Å². The summed E-state index contributed by atoms with van der Waals surface area (Å²) in [6, 6.07) is 9.64. The summed E-state index contributed by atoms with van der Waals surface area (Å²) < 4.78 is 4.92. The Morgan fingerprint density at radius 1 is 1.14 bits per heavy atom. The molecular formula is C21H28N4O3S. The summed E-state index contributed by atoms with van der Waals surface area (Å²) in [6.45, 7) is 5.70. The monoisotopic (exact) mass is 416 g/mol. The van der Waals surface area contributed by atoms with Crippen LogP contribution in [0.15, 0.2) is 34.9 Å². The molecule has 0 spiro atoms. The van der Waals surface area contributed by atoms with Gasteiger partial charge in [0.2, 0.25) is 11.8 Å². The van der Waals surface area contributed by atoms with Crippen LogP contribution in [0.1, 0.15) is 38.4 Å². The molecule has 1 aliphatic rings. The highest BCUT2D eigenvalue weighted by Crippen LogP contribution is 2.22. The first kappa shape index (κ1) is 21.2. The predicted molar refractivity (Wildman–Crippen MR) is 118 cm³/mol. The third kappa shape index (κ3) is 6.52. The number of carbonyl (C=O) groups excluding carboxylic acids is 2. The lowest BCUT2D eigenvalue weighted by atomic mass is 10.2. The van der Waals surface area contributed by atoms with E-state index in [-0.39, 0.29) is 22.8 Å². The lowest BCUT2D eigenvalue weighted by Gasteiger charge is -2.22. The summed E-state index contributed by atoms with van der Waals surface area (Å²) >= 11 is 1.28. The van der Waals surface area contributed by atoms with E-state index in [9.17, 15) is 9.59 Å². The standard InChI is InChI=1S/C21H28N4O3S/c1-15-13-19(24-28-15)23-21(27)16(2)29-14-20(26)22-17-7-9-18(10-8-17)25-11-5-3-4-6-12-25/h7-10,13,16H,3-6,11-12,14H2,1-2H3,(H,22,26)(H,23,24,27)/t16-/m1/s1. The number of nitrogens with one attached hydrogen (secondary N) is 2. The van der Waals surface area contributed by atoms with Gasteiger partial charge in [0.25, 0.3) is 0 Å². The molecule has 156 valence electrons. The largest absolute Gasteiger partial charge is 0.372 e. The summed E-state index contributed by atoms with van der Waals surface area (Å²) in [5.41, 5.74) is 1.97. The summed E-state index contributed by atoms with van der Waals surface area (Å²) in [7, 11) is 0. The quantitative estimate of drug-likeness (QED) is 0.708. The Kier molecular flexibility index (Phi) is 7.57. The number of benzene rings is 1. The molecule has 1 aliphatic heterocycles. The summed E-state index contributed by atoms with van der Waals surface area (Å²) in [5, 5.41) is 8.92. The molecule has 0 bridgehead atoms. The molecule has 1 aromatic carbocycles. The van der Waals surface area contributed by atoms with Gasteiger partial charge in [-0.25, -0.2) is 0 Å². The van der Waals surface area contributed by atoms with Gasteiger partial charge in [-0.05, 0) is 51.0 Å². The van der Waals surface area contributed by atoms with Gasteiger partial charge < -0.3 is 20.1 Å². The number of hydrogen-bond donors (Lipinski definition) is 2. The first-order valence-corrected chi connectivity index (χ1v) is 11.1. The van der Waals surface area contributed by atoms with Gasteiger partial charge in [-0.3, -0.25) is 9.59 Å². The first-order valence-electron chi connectivity index (χ1n) is 10.0. The minimum absolute atomic E-state index is 0.130. The normalized spacial score (nSPS) is 15.4. The number of anilines is 3. The molecule has 8 heteroatoms. The van der Waals surface area contributed by atoms with E-state index >= 15 is 0 Å². The summed E-state index contributed by atoms with van der Waals surface area (Å²) in [4.78, 5) is 26.8. The number of rotatable bonds is 7. The second-order valence-corrected chi connectivity index (χ2v) is 8.59. The number of nitrogens with zero attached hydrogens (tertiary/aromatic N) is 2. The zero-order valence-corrected chi connectivity index (χ0v) is 17.8. The van der Waals surface area contributed by atoms with Gasteiger partial charge in [0.05, 0.1) is 11.0 Å². The number of amides is 2. The van der Waals surface area contributed by atoms with Crippen LogP contribution in [-0.4, -0.2) is 41.1 Å². The highest BCUT2D eigenvalue weighted by atomic mass is 32.2. The van der Waals surface area contributed by atoms with E-state index in [4.69, 9.17) is 4.52 Å². The minimum atomic E-state index is -0.386. The number of carbonyl (C=O) groups is 2. The highest BCUT2D eigenvalue weighted by Gasteiger charge is 2.17. The van der Waals surface area contributed by atoms with E-state index < -0.39 is 0 Å². The van der Waals surface area contributed by atoms with Crippen LogP contribution < -0.4 is 15.5 Å². The maximum absolute atomic E-state index is 12.2. The Balaban J connectivity index is 1.43. The predicted octanol–water partition coefficient (Wildman–Crippen LogP) is 4.06. The van der Waals surface area contributed by atoms with Crippen LogP contribution in [0.2, 0.25) is 0 Å². The molecule has 1 aromatic heterocycles. The number of thioether (sulfide) groups is 1. The average Bonchev–Trinajstić information content (AvgIpc) is 2.95. The Bertz CT molecular complexity index is 814. The van der Waals surface area contributed by atoms with Crippen molar-refractivity contribution in [3.8, 4) is 0 Å². The molecule has 1 saturated heterocycles. The van der Waals surface area contributed by atoms with Crippen LogP contribution >= 0.6 is 11.8 Å². The fourth-order valence-electron chi connectivity index (χ4n) is 3.21. The fourth-order valence-corrected chi connectivity index (χ4v) is 3.89. The minimum Gasteiger partial charge on any atom is -0.372 e. The third-order valence-electron chi connectivity index (χ3n) is 4.84. The van der Waals surface area contributed by atoms with E-state index in [1.54, 1.807) is 19.9 Å². The highest BCUT2D eigenvalue weighted by molar-refractivity contribution is 8.01. The SMILES string of the molecule is Cc1cc(NC(=O)[C@@H](C)SCC(=O)Nc2ccc(N3CCCCCC3)cc2)no1. The Morgan fingerprint density at radius 2 is 1.83 bits per heavy atom. The summed E-state index contributed by atoms with van der Waals surface area (Å²) in [6.07, 6.45) is 5.07. The smallest absolute Gasteiger partial charge is 0.238 e. The number of hydrogen-bond acceptors (Lipinski definition) is 6. The van der Waals surface area contributed by atoms with Crippen molar-refractivity contribution in [3.05, 3.63) is 36.1 Å². The molecule has 1 fully saturated rings. The van der Waals surface area contributed by atoms with Crippen molar-refractivity contribution in [1.82, 2.24) is 5.16 Å². The van der Waals surface area contributed by atoms with Crippen molar-refractivity contribution >= 4 is 40.8 Å². The van der Waals surface area contributed by atoms with Gasteiger partial charge in [-0.1, -0.05) is 18.0 Å². The van der Waals surface area contributed by atoms with Crippen LogP contribution in [0.5, 0.6) is 0 Å². The molecule has 1 atom stereocenters. The Hall–Kier alpha value is -2.48. The van der Waals surface area contributed by atoms with Crippen molar-refractivity contribution in [2.24, 2.45) is 0 Å². The Morgan fingerprint density at radius 3 is 2.45 bits per heavy atom. The van der Waals surface area contributed by atoms with E-state index in [1.165, 1.54) is 43.1 Å². The van der Waals surface area contributed by atoms with Crippen molar-refractivity contribution in [1.29, 1.82) is 0 Å². The van der Waals surface area contributed by atoms with Gasteiger partial charge in [0.1, 0.15) is 5.76 Å². The van der Waals surface area contributed by atoms with E-state index in [0.717, 1.165) is 18.8 Å². The van der Waals surface area contributed by atoms with Crippen LogP contribution in [0.25, 0.3) is 0 Å². The Labute approximate surface area is 175 Å². The topological polar surface area (TPSA) is 87.5 Å². The second-order valence-electron chi connectivity index (χ2n) is 7.26. The van der Waals surface area contributed by atoms with E-state index in [2.05, 4.69) is 32.8 Å². The van der Waals surface area contributed by atoms with Gasteiger partial charge in [0.15, 0.2) is 5.82 Å². The van der Waals surface area contributed by atoms with E-state index in [1.807, 2.05) is 12.1 Å². The van der Waals surface area contributed by atoms with Crippen LogP contribution in [-0.2, 0) is 9.59 Å². The lowest BCUT2D eigenvalue weighted by Crippen LogP contribution is -2.25. The lowest BCUT2D eigenvalue weighted by molar-refractivity contribution is -0.115. The maximum Gasteiger partial charge on any atom is 0.238 e. The average molecular weight is 417 g/mol. The molecule has 0 aliphatic carbocycles. The molecule has 2 aromatic rings. The third-order valence-corrected chi connectivity index (χ3v) is 5.98. The zero-order chi connectivity index (χ0) is 20.6. The molecule has 0 saturated carbocycles. The first-order chi connectivity index (χ1) is 14.0. The van der Waals surface area contributed by atoms with Crippen LogP contribution in [0.4, 0.5) is 17.2 Å². The fraction of sp³-hybridized carbons (Fsp3) is 0.476. The molecular weight excluding hydrogens is 388 g/mol. The van der Waals surface area contributed by atoms with Crippen LogP contribution in [0.3, 0.4) is 0 Å². The van der Waals surface area contributed by atoms with E-state index in [0.29, 0.717) is 11.6 Å². The molecule has 0 unspecified atom stereocenters. The second kappa shape index (κ2) is 10.3. The van der Waals surface area contributed by atoms with Gasteiger partial charge in [0, 0.05) is 30.5 Å².